The highest BCUT2D eigenvalue weighted by molar-refractivity contribution is 6.30. The summed E-state index contributed by atoms with van der Waals surface area (Å²) in [4.78, 5) is 0. The molecule has 21 heavy (non-hydrogen) atoms. The van der Waals surface area contributed by atoms with Crippen molar-refractivity contribution in [3.63, 3.8) is 0 Å². The van der Waals surface area contributed by atoms with Gasteiger partial charge in [-0.1, -0.05) is 29.8 Å². The zero-order valence-corrected chi connectivity index (χ0v) is 11.6. The number of halogens is 4. The van der Waals surface area contributed by atoms with Crippen molar-refractivity contribution in [2.45, 2.75) is 12.3 Å². The Morgan fingerprint density at radius 1 is 1.10 bits per heavy atom. The van der Waals surface area contributed by atoms with Crippen molar-refractivity contribution in [3.05, 3.63) is 64.7 Å². The lowest BCUT2D eigenvalue weighted by atomic mass is 10.1. The minimum absolute atomic E-state index is 0.0850. The van der Waals surface area contributed by atoms with Crippen LogP contribution in [-0.4, -0.2) is 11.7 Å². The number of rotatable bonds is 4. The quantitative estimate of drug-likeness (QED) is 0.870. The topological polar surface area (TPSA) is 32.3 Å². The zero-order valence-electron chi connectivity index (χ0n) is 10.9. The Bertz CT molecular complexity index is 616. The van der Waals surface area contributed by atoms with Crippen LogP contribution in [0.25, 0.3) is 0 Å². The molecule has 0 saturated carbocycles. The van der Waals surface area contributed by atoms with E-state index in [1.165, 1.54) is 12.1 Å². The van der Waals surface area contributed by atoms with Crippen LogP contribution in [0.4, 0.5) is 18.9 Å². The van der Waals surface area contributed by atoms with Crippen LogP contribution in [0, 0.1) is 0 Å². The van der Waals surface area contributed by atoms with Gasteiger partial charge in [-0.2, -0.15) is 13.2 Å². The third kappa shape index (κ3) is 4.37. The Kier molecular flexibility index (Phi) is 4.75. The molecule has 1 unspecified atom stereocenters. The van der Waals surface area contributed by atoms with Gasteiger partial charge in [-0.3, -0.25) is 0 Å². The number of aliphatic hydroxyl groups excluding tert-OH is 1. The van der Waals surface area contributed by atoms with Crippen molar-refractivity contribution in [3.8, 4) is 0 Å². The lowest BCUT2D eigenvalue weighted by Gasteiger charge is -2.15. The van der Waals surface area contributed by atoms with E-state index >= 15 is 0 Å². The van der Waals surface area contributed by atoms with Gasteiger partial charge in [0, 0.05) is 17.3 Å². The van der Waals surface area contributed by atoms with Crippen molar-refractivity contribution in [1.82, 2.24) is 0 Å². The van der Waals surface area contributed by atoms with Gasteiger partial charge in [0.25, 0.3) is 0 Å². The van der Waals surface area contributed by atoms with E-state index in [0.29, 0.717) is 10.7 Å². The summed E-state index contributed by atoms with van der Waals surface area (Å²) < 4.78 is 37.8. The molecule has 0 aliphatic heterocycles. The maximum Gasteiger partial charge on any atom is 0.416 e. The number of anilines is 1. The molecule has 0 heterocycles. The molecule has 0 spiro atoms. The first-order valence-electron chi connectivity index (χ1n) is 6.21. The fourth-order valence-corrected chi connectivity index (χ4v) is 2.04. The lowest BCUT2D eigenvalue weighted by Crippen LogP contribution is -2.13. The summed E-state index contributed by atoms with van der Waals surface area (Å²) in [6.07, 6.45) is -5.47. The SMILES string of the molecule is OC(CNc1cccc(Cl)c1)c1cccc(C(F)(F)F)c1. The summed E-state index contributed by atoms with van der Waals surface area (Å²) in [6.45, 7) is 0.0850. The molecule has 1 atom stereocenters. The number of alkyl halides is 3. The molecule has 2 rings (SSSR count). The lowest BCUT2D eigenvalue weighted by molar-refractivity contribution is -0.137. The smallest absolute Gasteiger partial charge is 0.387 e. The van der Waals surface area contributed by atoms with E-state index in [0.717, 1.165) is 12.1 Å². The average Bonchev–Trinajstić information content (AvgIpc) is 2.44. The molecular weight excluding hydrogens is 303 g/mol. The molecule has 2 nitrogen and oxygen atoms in total. The molecule has 112 valence electrons. The molecule has 0 saturated heterocycles. The van der Waals surface area contributed by atoms with Crippen LogP contribution in [-0.2, 0) is 6.18 Å². The van der Waals surface area contributed by atoms with Crippen LogP contribution in [0.15, 0.2) is 48.5 Å². The van der Waals surface area contributed by atoms with Crippen molar-refractivity contribution in [1.29, 1.82) is 0 Å². The summed E-state index contributed by atoms with van der Waals surface area (Å²) in [5, 5.41) is 13.4. The van der Waals surface area contributed by atoms with Gasteiger partial charge < -0.3 is 10.4 Å². The molecule has 2 aromatic rings. The van der Waals surface area contributed by atoms with Gasteiger partial charge in [0.15, 0.2) is 0 Å². The summed E-state index contributed by atoms with van der Waals surface area (Å²) in [5.74, 6) is 0. The van der Waals surface area contributed by atoms with Crippen molar-refractivity contribution < 1.29 is 18.3 Å². The van der Waals surface area contributed by atoms with Crippen LogP contribution in [0.3, 0.4) is 0 Å². The van der Waals surface area contributed by atoms with E-state index in [1.54, 1.807) is 24.3 Å². The second-order valence-corrected chi connectivity index (χ2v) is 4.97. The highest BCUT2D eigenvalue weighted by Gasteiger charge is 2.30. The van der Waals surface area contributed by atoms with Crippen LogP contribution < -0.4 is 5.32 Å². The predicted octanol–water partition coefficient (Wildman–Crippen LogP) is 4.50. The Morgan fingerprint density at radius 3 is 2.48 bits per heavy atom. The third-order valence-corrected chi connectivity index (χ3v) is 3.16. The molecule has 6 heteroatoms. The molecular formula is C15H13ClF3NO. The molecule has 0 aliphatic carbocycles. The molecule has 2 aromatic carbocycles. The van der Waals surface area contributed by atoms with E-state index < -0.39 is 17.8 Å². The molecule has 0 amide bonds. The molecule has 0 bridgehead atoms. The summed E-state index contributed by atoms with van der Waals surface area (Å²) in [6, 6.07) is 11.5. The summed E-state index contributed by atoms with van der Waals surface area (Å²) >= 11 is 5.82. The maximum atomic E-state index is 12.6. The normalized spacial score (nSPS) is 13.0. The first kappa shape index (κ1) is 15.7. The third-order valence-electron chi connectivity index (χ3n) is 2.92. The average molecular weight is 316 g/mol. The van der Waals surface area contributed by atoms with Gasteiger partial charge in [-0.25, -0.2) is 0 Å². The minimum Gasteiger partial charge on any atom is -0.387 e. The van der Waals surface area contributed by atoms with Crippen LogP contribution in [0.1, 0.15) is 17.2 Å². The van der Waals surface area contributed by atoms with Crippen molar-refractivity contribution >= 4 is 17.3 Å². The van der Waals surface area contributed by atoms with Gasteiger partial charge in [-0.05, 0) is 35.9 Å². The van der Waals surface area contributed by atoms with Crippen LogP contribution >= 0.6 is 11.6 Å². The van der Waals surface area contributed by atoms with Gasteiger partial charge in [0.2, 0.25) is 0 Å². The first-order valence-corrected chi connectivity index (χ1v) is 6.59. The monoisotopic (exact) mass is 315 g/mol. The van der Waals surface area contributed by atoms with Crippen LogP contribution in [0.2, 0.25) is 5.02 Å². The number of nitrogens with one attached hydrogen (secondary N) is 1. The number of hydrogen-bond donors (Lipinski definition) is 2. The van der Waals surface area contributed by atoms with E-state index in [-0.39, 0.29) is 12.1 Å². The highest BCUT2D eigenvalue weighted by Crippen LogP contribution is 2.30. The Morgan fingerprint density at radius 2 is 1.81 bits per heavy atom. The number of aliphatic hydroxyl groups is 1. The first-order chi connectivity index (χ1) is 9.86. The standard InChI is InChI=1S/C15H13ClF3NO/c16-12-5-2-6-13(8-12)20-9-14(21)10-3-1-4-11(7-10)15(17,18)19/h1-8,14,20-21H,9H2. The highest BCUT2D eigenvalue weighted by atomic mass is 35.5. The van der Waals surface area contributed by atoms with E-state index in [9.17, 15) is 18.3 Å². The number of benzene rings is 2. The second kappa shape index (κ2) is 6.37. The molecule has 0 aromatic heterocycles. The Balaban J connectivity index is 2.05. The van der Waals surface area contributed by atoms with Gasteiger partial charge >= 0.3 is 6.18 Å². The maximum absolute atomic E-state index is 12.6. The number of hydrogen-bond acceptors (Lipinski definition) is 2. The minimum atomic E-state index is -4.42. The fourth-order valence-electron chi connectivity index (χ4n) is 1.85. The Labute approximate surface area is 125 Å². The largest absolute Gasteiger partial charge is 0.416 e. The van der Waals surface area contributed by atoms with Gasteiger partial charge in [0.1, 0.15) is 0 Å². The van der Waals surface area contributed by atoms with Gasteiger partial charge in [0.05, 0.1) is 11.7 Å². The van der Waals surface area contributed by atoms with Crippen molar-refractivity contribution in [2.24, 2.45) is 0 Å². The summed E-state index contributed by atoms with van der Waals surface area (Å²) in [7, 11) is 0. The summed E-state index contributed by atoms with van der Waals surface area (Å²) in [5.41, 5.74) is 0.120. The predicted molar refractivity (Wildman–Crippen MR) is 76.3 cm³/mol. The van der Waals surface area contributed by atoms with Crippen LogP contribution in [0.5, 0.6) is 0 Å². The fraction of sp³-hybridized carbons (Fsp3) is 0.200. The van der Waals surface area contributed by atoms with E-state index in [4.69, 9.17) is 11.6 Å². The van der Waals surface area contributed by atoms with Crippen molar-refractivity contribution in [2.75, 3.05) is 11.9 Å². The molecule has 0 radical (unpaired) electrons. The molecule has 0 aliphatic rings. The van der Waals surface area contributed by atoms with E-state index in [2.05, 4.69) is 5.32 Å². The second-order valence-electron chi connectivity index (χ2n) is 4.53. The van der Waals surface area contributed by atoms with E-state index in [1.807, 2.05) is 0 Å². The van der Waals surface area contributed by atoms with Gasteiger partial charge in [-0.15, -0.1) is 0 Å². The molecule has 2 N–H and O–H groups in total. The Hall–Kier alpha value is -1.72. The zero-order chi connectivity index (χ0) is 15.5. The molecule has 0 fully saturated rings.